The summed E-state index contributed by atoms with van der Waals surface area (Å²) in [5.41, 5.74) is 1.18. The molecule has 3 rings (SSSR count). The van der Waals surface area contributed by atoms with E-state index in [4.69, 9.17) is 4.98 Å². The number of aromatic nitrogens is 1. The van der Waals surface area contributed by atoms with Gasteiger partial charge in [0.05, 0.1) is 12.2 Å². The highest BCUT2D eigenvalue weighted by molar-refractivity contribution is 7.15. The molecule has 0 atom stereocenters. The lowest BCUT2D eigenvalue weighted by Crippen LogP contribution is -2.21. The molecule has 0 amide bonds. The summed E-state index contributed by atoms with van der Waals surface area (Å²) in [7, 11) is 0. The molecule has 1 N–H and O–H groups in total. The molecular formula is C15H21N3S2. The highest BCUT2D eigenvalue weighted by Crippen LogP contribution is 2.29. The Bertz CT molecular complexity index is 543. The molecule has 1 aliphatic rings. The minimum atomic E-state index is 0.758. The number of aryl methyl sites for hydroxylation is 1. The predicted octanol–water partition coefficient (Wildman–Crippen LogP) is 3.79. The Kier molecular flexibility index (Phi) is 4.38. The van der Waals surface area contributed by atoms with E-state index >= 15 is 0 Å². The Morgan fingerprint density at radius 2 is 2.30 bits per heavy atom. The van der Waals surface area contributed by atoms with E-state index in [0.29, 0.717) is 0 Å². The number of thiophene rings is 1. The maximum atomic E-state index is 4.77. The van der Waals surface area contributed by atoms with Crippen LogP contribution in [0.5, 0.6) is 0 Å². The van der Waals surface area contributed by atoms with Crippen LogP contribution in [-0.4, -0.2) is 17.6 Å². The van der Waals surface area contributed by atoms with Gasteiger partial charge in [-0.15, -0.1) is 22.7 Å². The van der Waals surface area contributed by atoms with Crippen LogP contribution in [-0.2, 0) is 13.1 Å². The van der Waals surface area contributed by atoms with Crippen molar-refractivity contribution >= 4 is 27.8 Å². The zero-order valence-electron chi connectivity index (χ0n) is 12.1. The summed E-state index contributed by atoms with van der Waals surface area (Å²) in [6.07, 6.45) is 2.67. The highest BCUT2D eigenvalue weighted by atomic mass is 32.1. The third-order valence-corrected chi connectivity index (χ3v) is 5.67. The molecule has 0 spiro atoms. The first-order chi connectivity index (χ1) is 9.76. The molecule has 108 valence electrons. The first kappa shape index (κ1) is 14.0. The van der Waals surface area contributed by atoms with Crippen molar-refractivity contribution in [2.75, 3.05) is 11.4 Å². The third-order valence-electron chi connectivity index (χ3n) is 3.59. The summed E-state index contributed by atoms with van der Waals surface area (Å²) in [6.45, 7) is 7.27. The molecule has 1 fully saturated rings. The van der Waals surface area contributed by atoms with Gasteiger partial charge in [-0.3, -0.25) is 0 Å². The predicted molar refractivity (Wildman–Crippen MR) is 87.8 cm³/mol. The Morgan fingerprint density at radius 3 is 2.95 bits per heavy atom. The Hall–Kier alpha value is -0.910. The normalized spacial score (nSPS) is 14.7. The maximum Gasteiger partial charge on any atom is 0.186 e. The second kappa shape index (κ2) is 6.24. The fourth-order valence-electron chi connectivity index (χ4n) is 2.14. The van der Waals surface area contributed by atoms with Crippen LogP contribution in [0.3, 0.4) is 0 Å². The van der Waals surface area contributed by atoms with Crippen molar-refractivity contribution < 1.29 is 0 Å². The molecule has 3 nitrogen and oxygen atoms in total. The molecule has 0 aromatic carbocycles. The van der Waals surface area contributed by atoms with Crippen LogP contribution in [0.2, 0.25) is 0 Å². The van der Waals surface area contributed by atoms with Crippen LogP contribution >= 0.6 is 22.7 Å². The van der Waals surface area contributed by atoms with E-state index in [1.165, 1.54) is 28.3 Å². The van der Waals surface area contributed by atoms with Gasteiger partial charge in [0, 0.05) is 28.9 Å². The summed E-state index contributed by atoms with van der Waals surface area (Å²) in [4.78, 5) is 9.92. The van der Waals surface area contributed by atoms with Crippen molar-refractivity contribution in [3.05, 3.63) is 33.0 Å². The lowest BCUT2D eigenvalue weighted by molar-refractivity contribution is 0.691. The molecule has 5 heteroatoms. The van der Waals surface area contributed by atoms with Gasteiger partial charge in [-0.1, -0.05) is 6.07 Å². The van der Waals surface area contributed by atoms with E-state index < -0.39 is 0 Å². The van der Waals surface area contributed by atoms with Crippen LogP contribution in [0.15, 0.2) is 17.5 Å². The third kappa shape index (κ3) is 3.40. The van der Waals surface area contributed by atoms with E-state index in [2.05, 4.69) is 41.6 Å². The average molecular weight is 307 g/mol. The minimum Gasteiger partial charge on any atom is -0.343 e. The van der Waals surface area contributed by atoms with Gasteiger partial charge < -0.3 is 10.2 Å². The molecule has 2 aromatic heterocycles. The number of rotatable bonds is 7. The Balaban J connectivity index is 1.68. The van der Waals surface area contributed by atoms with E-state index in [9.17, 15) is 0 Å². The Morgan fingerprint density at radius 1 is 1.45 bits per heavy atom. The minimum absolute atomic E-state index is 0.758. The van der Waals surface area contributed by atoms with Crippen molar-refractivity contribution in [1.82, 2.24) is 10.3 Å². The number of nitrogens with one attached hydrogen (secondary N) is 1. The number of nitrogens with zero attached hydrogens (tertiary/aromatic N) is 2. The van der Waals surface area contributed by atoms with Gasteiger partial charge in [-0.2, -0.15) is 0 Å². The topological polar surface area (TPSA) is 28.2 Å². The van der Waals surface area contributed by atoms with Crippen LogP contribution < -0.4 is 10.2 Å². The average Bonchev–Trinajstić information content (AvgIpc) is 2.99. The molecule has 1 saturated carbocycles. The molecule has 0 bridgehead atoms. The summed E-state index contributed by atoms with van der Waals surface area (Å²) in [6, 6.07) is 5.07. The summed E-state index contributed by atoms with van der Waals surface area (Å²) >= 11 is 3.66. The van der Waals surface area contributed by atoms with Gasteiger partial charge in [0.15, 0.2) is 5.13 Å². The zero-order valence-corrected chi connectivity index (χ0v) is 13.7. The number of hydrogen-bond acceptors (Lipinski definition) is 5. The van der Waals surface area contributed by atoms with Crippen molar-refractivity contribution in [1.29, 1.82) is 0 Å². The molecule has 20 heavy (non-hydrogen) atoms. The van der Waals surface area contributed by atoms with E-state index in [-0.39, 0.29) is 0 Å². The number of hydrogen-bond donors (Lipinski definition) is 1. The van der Waals surface area contributed by atoms with E-state index in [1.807, 2.05) is 22.7 Å². The van der Waals surface area contributed by atoms with Gasteiger partial charge in [-0.05, 0) is 38.1 Å². The fourth-order valence-corrected chi connectivity index (χ4v) is 3.94. The largest absolute Gasteiger partial charge is 0.343 e. The van der Waals surface area contributed by atoms with E-state index in [0.717, 1.165) is 30.8 Å². The Labute approximate surface area is 128 Å². The smallest absolute Gasteiger partial charge is 0.186 e. The standard InChI is InChI=1S/C15H21N3S2/c1-3-18(10-13-5-4-8-19-13)15-17-11(2)14(20-15)9-16-12-6-7-12/h4-5,8,12,16H,3,6-7,9-10H2,1-2H3. The van der Waals surface area contributed by atoms with Crippen LogP contribution in [0.1, 0.15) is 35.2 Å². The SMILES string of the molecule is CCN(Cc1cccs1)c1nc(C)c(CNC2CC2)s1. The van der Waals surface area contributed by atoms with Gasteiger partial charge in [0.2, 0.25) is 0 Å². The quantitative estimate of drug-likeness (QED) is 0.843. The van der Waals surface area contributed by atoms with Crippen LogP contribution in [0.25, 0.3) is 0 Å². The molecule has 0 aliphatic heterocycles. The summed E-state index contributed by atoms with van der Waals surface area (Å²) in [5, 5.41) is 6.88. The van der Waals surface area contributed by atoms with Crippen LogP contribution in [0, 0.1) is 6.92 Å². The summed E-state index contributed by atoms with van der Waals surface area (Å²) in [5.74, 6) is 0. The first-order valence-corrected chi connectivity index (χ1v) is 8.93. The number of thiazole rings is 1. The van der Waals surface area contributed by atoms with Gasteiger partial charge in [-0.25, -0.2) is 4.98 Å². The van der Waals surface area contributed by atoms with Gasteiger partial charge in [0.1, 0.15) is 0 Å². The lowest BCUT2D eigenvalue weighted by Gasteiger charge is -2.18. The van der Waals surface area contributed by atoms with E-state index in [1.54, 1.807) is 0 Å². The molecule has 0 saturated heterocycles. The van der Waals surface area contributed by atoms with Crippen molar-refractivity contribution in [2.45, 2.75) is 45.8 Å². The summed E-state index contributed by atoms with van der Waals surface area (Å²) < 4.78 is 0. The van der Waals surface area contributed by atoms with Gasteiger partial charge >= 0.3 is 0 Å². The molecule has 2 aromatic rings. The van der Waals surface area contributed by atoms with Gasteiger partial charge in [0.25, 0.3) is 0 Å². The van der Waals surface area contributed by atoms with Crippen LogP contribution in [0.4, 0.5) is 5.13 Å². The van der Waals surface area contributed by atoms with Crippen molar-refractivity contribution in [3.63, 3.8) is 0 Å². The molecule has 2 heterocycles. The fraction of sp³-hybridized carbons (Fsp3) is 0.533. The monoisotopic (exact) mass is 307 g/mol. The molecule has 1 aliphatic carbocycles. The zero-order chi connectivity index (χ0) is 13.9. The molecule has 0 radical (unpaired) electrons. The van der Waals surface area contributed by atoms with Crippen molar-refractivity contribution in [2.24, 2.45) is 0 Å². The second-order valence-electron chi connectivity index (χ2n) is 5.25. The second-order valence-corrected chi connectivity index (χ2v) is 7.35. The van der Waals surface area contributed by atoms with Crippen molar-refractivity contribution in [3.8, 4) is 0 Å². The molecule has 0 unspecified atom stereocenters. The first-order valence-electron chi connectivity index (χ1n) is 7.23. The lowest BCUT2D eigenvalue weighted by atomic mass is 10.4. The highest BCUT2D eigenvalue weighted by Gasteiger charge is 2.21. The molecular weight excluding hydrogens is 286 g/mol. The number of anilines is 1. The maximum absolute atomic E-state index is 4.77.